The summed E-state index contributed by atoms with van der Waals surface area (Å²) in [6.45, 7) is 8.06. The van der Waals surface area contributed by atoms with E-state index in [4.69, 9.17) is 0 Å². The van der Waals surface area contributed by atoms with E-state index in [-0.39, 0.29) is 0 Å². The summed E-state index contributed by atoms with van der Waals surface area (Å²) in [6, 6.07) is 9.50. The number of benzene rings is 1. The topological polar surface area (TPSA) is 15.3 Å². The molecule has 0 saturated heterocycles. The molecule has 1 unspecified atom stereocenters. The summed E-state index contributed by atoms with van der Waals surface area (Å²) < 4.78 is 0. The third kappa shape index (κ3) is 1.95. The van der Waals surface area contributed by atoms with Crippen LogP contribution in [0.4, 0.5) is 5.69 Å². The highest BCUT2D eigenvalue weighted by molar-refractivity contribution is 5.55. The number of hydrogen-bond donors (Lipinski definition) is 1. The van der Waals surface area contributed by atoms with Crippen molar-refractivity contribution in [2.24, 2.45) is 5.41 Å². The zero-order chi connectivity index (χ0) is 11.9. The second-order valence-electron chi connectivity index (χ2n) is 5.83. The summed E-state index contributed by atoms with van der Waals surface area (Å²) in [7, 11) is 0. The fourth-order valence-corrected chi connectivity index (χ4v) is 2.88. The molecule has 1 aliphatic carbocycles. The van der Waals surface area contributed by atoms with Gasteiger partial charge in [0.15, 0.2) is 0 Å². The van der Waals surface area contributed by atoms with Gasteiger partial charge in [0.1, 0.15) is 0 Å². The van der Waals surface area contributed by atoms with Crippen molar-refractivity contribution in [2.45, 2.75) is 39.3 Å². The summed E-state index contributed by atoms with van der Waals surface area (Å²) in [4.78, 5) is 2.61. The Balaban J connectivity index is 1.94. The van der Waals surface area contributed by atoms with Gasteiger partial charge in [-0.2, -0.15) is 0 Å². The van der Waals surface area contributed by atoms with Gasteiger partial charge in [-0.25, -0.2) is 0 Å². The maximum Gasteiger partial charge on any atom is 0.0414 e. The maximum absolute atomic E-state index is 3.52. The average Bonchev–Trinajstić information content (AvgIpc) is 3.11. The Bertz CT molecular complexity index is 409. The molecule has 17 heavy (non-hydrogen) atoms. The van der Waals surface area contributed by atoms with Crippen molar-refractivity contribution in [3.63, 3.8) is 0 Å². The predicted molar refractivity (Wildman–Crippen MR) is 72.3 cm³/mol. The van der Waals surface area contributed by atoms with Crippen LogP contribution in [0.15, 0.2) is 24.3 Å². The molecule has 2 heteroatoms. The van der Waals surface area contributed by atoms with Crippen molar-refractivity contribution < 1.29 is 0 Å². The van der Waals surface area contributed by atoms with Crippen LogP contribution in [0.3, 0.4) is 0 Å². The molecule has 92 valence electrons. The van der Waals surface area contributed by atoms with Gasteiger partial charge in [0.2, 0.25) is 0 Å². The highest BCUT2D eigenvalue weighted by Crippen LogP contribution is 2.50. The molecule has 1 atom stereocenters. The standard InChI is InChI=1S/C15H22N2/c1-12(15(2)7-8-15)17-10-9-16-11-13-5-3-4-6-14(13)17/h3-6,12,16H,7-11H2,1-2H3. The van der Waals surface area contributed by atoms with Crippen LogP contribution >= 0.6 is 0 Å². The molecule has 0 spiro atoms. The van der Waals surface area contributed by atoms with Crippen molar-refractivity contribution in [3.05, 3.63) is 29.8 Å². The quantitative estimate of drug-likeness (QED) is 0.840. The number of rotatable bonds is 2. The minimum absolute atomic E-state index is 0.553. The summed E-state index contributed by atoms with van der Waals surface area (Å²) in [6.07, 6.45) is 2.78. The number of nitrogens with one attached hydrogen (secondary N) is 1. The zero-order valence-electron chi connectivity index (χ0n) is 10.9. The van der Waals surface area contributed by atoms with Crippen molar-refractivity contribution in [2.75, 3.05) is 18.0 Å². The molecular formula is C15H22N2. The van der Waals surface area contributed by atoms with Crippen LogP contribution in [-0.2, 0) is 6.54 Å². The van der Waals surface area contributed by atoms with E-state index in [1.54, 1.807) is 0 Å². The Morgan fingerprint density at radius 1 is 1.29 bits per heavy atom. The molecule has 0 radical (unpaired) electrons. The molecule has 1 heterocycles. The maximum atomic E-state index is 3.52. The minimum Gasteiger partial charge on any atom is -0.367 e. The predicted octanol–water partition coefficient (Wildman–Crippen LogP) is 2.78. The first-order chi connectivity index (χ1) is 8.21. The van der Waals surface area contributed by atoms with E-state index in [0.29, 0.717) is 11.5 Å². The van der Waals surface area contributed by atoms with E-state index in [9.17, 15) is 0 Å². The number of fused-ring (bicyclic) bond motifs is 1. The second kappa shape index (κ2) is 4.02. The van der Waals surface area contributed by atoms with Crippen molar-refractivity contribution in [3.8, 4) is 0 Å². The third-order valence-corrected chi connectivity index (χ3v) is 4.66. The Morgan fingerprint density at radius 2 is 2.06 bits per heavy atom. The zero-order valence-corrected chi connectivity index (χ0v) is 10.9. The first-order valence-electron chi connectivity index (χ1n) is 6.76. The molecule has 1 aromatic rings. The van der Waals surface area contributed by atoms with Crippen LogP contribution in [0.5, 0.6) is 0 Å². The number of anilines is 1. The van der Waals surface area contributed by atoms with E-state index in [1.807, 2.05) is 0 Å². The molecule has 3 rings (SSSR count). The van der Waals surface area contributed by atoms with Crippen LogP contribution in [0.2, 0.25) is 0 Å². The molecule has 1 aliphatic heterocycles. The summed E-state index contributed by atoms with van der Waals surface area (Å²) >= 11 is 0. The minimum atomic E-state index is 0.553. The van der Waals surface area contributed by atoms with Gasteiger partial charge in [-0.05, 0) is 36.8 Å². The molecule has 0 amide bonds. The van der Waals surface area contributed by atoms with Gasteiger partial charge in [-0.3, -0.25) is 0 Å². The average molecular weight is 230 g/mol. The molecule has 1 fully saturated rings. The van der Waals surface area contributed by atoms with Gasteiger partial charge < -0.3 is 10.2 Å². The monoisotopic (exact) mass is 230 g/mol. The lowest BCUT2D eigenvalue weighted by atomic mass is 9.97. The molecule has 0 aromatic heterocycles. The van der Waals surface area contributed by atoms with E-state index in [2.05, 4.69) is 48.3 Å². The van der Waals surface area contributed by atoms with Gasteiger partial charge in [-0.1, -0.05) is 25.1 Å². The molecule has 1 saturated carbocycles. The highest BCUT2D eigenvalue weighted by atomic mass is 15.2. The van der Waals surface area contributed by atoms with Crippen LogP contribution in [0.25, 0.3) is 0 Å². The van der Waals surface area contributed by atoms with Gasteiger partial charge >= 0.3 is 0 Å². The van der Waals surface area contributed by atoms with E-state index in [0.717, 1.165) is 19.6 Å². The van der Waals surface area contributed by atoms with E-state index < -0.39 is 0 Å². The van der Waals surface area contributed by atoms with Gasteiger partial charge in [0.05, 0.1) is 0 Å². The lowest BCUT2D eigenvalue weighted by Crippen LogP contribution is -2.41. The van der Waals surface area contributed by atoms with Gasteiger partial charge in [0, 0.05) is 31.4 Å². The van der Waals surface area contributed by atoms with E-state index in [1.165, 1.54) is 24.1 Å². The number of para-hydroxylation sites is 1. The Hall–Kier alpha value is -1.02. The molecule has 1 N–H and O–H groups in total. The largest absolute Gasteiger partial charge is 0.367 e. The number of nitrogens with zero attached hydrogens (tertiary/aromatic N) is 1. The highest BCUT2D eigenvalue weighted by Gasteiger charge is 2.45. The smallest absolute Gasteiger partial charge is 0.0414 e. The van der Waals surface area contributed by atoms with Crippen molar-refractivity contribution >= 4 is 5.69 Å². The van der Waals surface area contributed by atoms with E-state index >= 15 is 0 Å². The fraction of sp³-hybridized carbons (Fsp3) is 0.600. The summed E-state index contributed by atoms with van der Waals surface area (Å²) in [5.41, 5.74) is 3.44. The van der Waals surface area contributed by atoms with Crippen LogP contribution in [0, 0.1) is 5.41 Å². The van der Waals surface area contributed by atoms with Crippen molar-refractivity contribution in [1.29, 1.82) is 0 Å². The lowest BCUT2D eigenvalue weighted by molar-refractivity contribution is 0.431. The Kier molecular flexibility index (Phi) is 2.62. The summed E-state index contributed by atoms with van der Waals surface area (Å²) in [5, 5.41) is 3.52. The normalized spacial score (nSPS) is 23.8. The SMILES string of the molecule is CC(N1CCNCc2ccccc21)C1(C)CC1. The Morgan fingerprint density at radius 3 is 2.82 bits per heavy atom. The van der Waals surface area contributed by atoms with Crippen LogP contribution < -0.4 is 10.2 Å². The molecule has 0 bridgehead atoms. The van der Waals surface area contributed by atoms with Gasteiger partial charge in [0.25, 0.3) is 0 Å². The first kappa shape index (κ1) is 11.1. The fourth-order valence-electron chi connectivity index (χ4n) is 2.88. The first-order valence-corrected chi connectivity index (χ1v) is 6.76. The second-order valence-corrected chi connectivity index (χ2v) is 5.83. The van der Waals surface area contributed by atoms with Gasteiger partial charge in [-0.15, -0.1) is 0 Å². The molecule has 1 aromatic carbocycles. The Labute approximate surface area is 104 Å². The van der Waals surface area contributed by atoms with Crippen molar-refractivity contribution in [1.82, 2.24) is 5.32 Å². The van der Waals surface area contributed by atoms with Crippen LogP contribution in [-0.4, -0.2) is 19.1 Å². The molecule has 2 aliphatic rings. The number of hydrogen-bond acceptors (Lipinski definition) is 2. The molecule has 2 nitrogen and oxygen atoms in total. The lowest BCUT2D eigenvalue weighted by Gasteiger charge is -2.35. The third-order valence-electron chi connectivity index (χ3n) is 4.66. The molecular weight excluding hydrogens is 208 g/mol. The van der Waals surface area contributed by atoms with Crippen LogP contribution in [0.1, 0.15) is 32.3 Å². The summed E-state index contributed by atoms with van der Waals surface area (Å²) in [5.74, 6) is 0.